The number of hydrogen-bond donors (Lipinski definition) is 0. The van der Waals surface area contributed by atoms with Gasteiger partial charge in [0.25, 0.3) is 11.5 Å². The van der Waals surface area contributed by atoms with Crippen LogP contribution in [0.15, 0.2) is 71.5 Å². The maximum absolute atomic E-state index is 14.2. The highest BCUT2D eigenvalue weighted by molar-refractivity contribution is 6.30. The third kappa shape index (κ3) is 8.04. The number of ether oxygens (including phenoxy) is 3. The summed E-state index contributed by atoms with van der Waals surface area (Å²) in [5, 5.41) is 1.07. The number of benzene rings is 3. The summed E-state index contributed by atoms with van der Waals surface area (Å²) in [7, 11) is 0. The predicted molar refractivity (Wildman–Crippen MR) is 183 cm³/mol. The summed E-state index contributed by atoms with van der Waals surface area (Å²) >= 11 is 5.95. The highest BCUT2D eigenvalue weighted by Crippen LogP contribution is 2.28. The van der Waals surface area contributed by atoms with E-state index in [2.05, 4.69) is 9.80 Å². The second-order valence-electron chi connectivity index (χ2n) is 12.2. The van der Waals surface area contributed by atoms with Crippen molar-refractivity contribution in [3.63, 3.8) is 0 Å². The Kier molecular flexibility index (Phi) is 10.7. The van der Waals surface area contributed by atoms with Gasteiger partial charge in [-0.1, -0.05) is 23.7 Å². The Morgan fingerprint density at radius 1 is 0.917 bits per heavy atom. The minimum Gasteiger partial charge on any atom is -0.489 e. The van der Waals surface area contributed by atoms with E-state index in [9.17, 15) is 14.4 Å². The van der Waals surface area contributed by atoms with Crippen LogP contribution in [0, 0.1) is 0 Å². The molecule has 0 radical (unpaired) electrons. The molecule has 4 aromatic rings. The van der Waals surface area contributed by atoms with Crippen molar-refractivity contribution in [2.75, 3.05) is 65.6 Å². The van der Waals surface area contributed by atoms with Crippen LogP contribution in [-0.4, -0.2) is 108 Å². The fraction of sp³-hybridized carbons (Fsp3) is 0.389. The number of carbonyl (C=O) groups excluding carboxylic acids is 2. The Bertz CT molecular complexity index is 1810. The van der Waals surface area contributed by atoms with Gasteiger partial charge in [0.1, 0.15) is 17.3 Å². The number of rotatable bonds is 11. The molecule has 0 N–H and O–H groups in total. The molecule has 3 aromatic carbocycles. The van der Waals surface area contributed by atoms with Crippen molar-refractivity contribution in [2.45, 2.75) is 26.5 Å². The molecule has 2 aliphatic rings. The van der Waals surface area contributed by atoms with E-state index in [1.54, 1.807) is 58.0 Å². The molecule has 48 heavy (non-hydrogen) atoms. The first-order valence-corrected chi connectivity index (χ1v) is 16.7. The molecule has 12 heteroatoms. The Hall–Kier alpha value is -4.29. The van der Waals surface area contributed by atoms with Crippen LogP contribution in [0.5, 0.6) is 11.5 Å². The summed E-state index contributed by atoms with van der Waals surface area (Å²) in [6, 6.07) is 19.4. The molecule has 1 aromatic heterocycles. The average molecular weight is 674 g/mol. The van der Waals surface area contributed by atoms with Crippen LogP contribution in [0.4, 0.5) is 0 Å². The van der Waals surface area contributed by atoms with Crippen LogP contribution >= 0.6 is 11.6 Å². The Labute approximate surface area is 284 Å². The van der Waals surface area contributed by atoms with Crippen molar-refractivity contribution in [1.29, 1.82) is 0 Å². The lowest BCUT2D eigenvalue weighted by Crippen LogP contribution is -2.50. The number of hydrogen-bond acceptors (Lipinski definition) is 9. The van der Waals surface area contributed by atoms with E-state index in [0.717, 1.165) is 0 Å². The molecule has 2 fully saturated rings. The Morgan fingerprint density at radius 3 is 2.38 bits per heavy atom. The Morgan fingerprint density at radius 2 is 1.65 bits per heavy atom. The fourth-order valence-corrected chi connectivity index (χ4v) is 6.05. The number of carbonyl (C=O) groups is 2. The minimum atomic E-state index is -0.241. The van der Waals surface area contributed by atoms with E-state index in [4.69, 9.17) is 30.8 Å². The SMILES string of the molecule is CC(C)Oc1ccc(C(=O)CN2CCOCC2)cc1-n1c(CN2CCN(C(=O)COc3ccc(Cl)cc3)CC2)nc2ccccc2c1=O. The highest BCUT2D eigenvalue weighted by Gasteiger charge is 2.25. The van der Waals surface area contributed by atoms with Gasteiger partial charge in [-0.2, -0.15) is 0 Å². The van der Waals surface area contributed by atoms with E-state index < -0.39 is 0 Å². The second kappa shape index (κ2) is 15.3. The van der Waals surface area contributed by atoms with Crippen LogP contribution in [0.3, 0.4) is 0 Å². The summed E-state index contributed by atoms with van der Waals surface area (Å²) in [4.78, 5) is 51.6. The van der Waals surface area contributed by atoms with Gasteiger partial charge in [-0.25, -0.2) is 4.98 Å². The second-order valence-corrected chi connectivity index (χ2v) is 12.7. The standard InChI is InChI=1S/C36H40ClN5O6/c1-25(2)48-33-12-7-26(32(43)22-40-17-19-46-20-18-40)21-31(33)42-34(38-30-6-4-3-5-29(30)36(42)45)23-39-13-15-41(16-14-39)35(44)24-47-28-10-8-27(37)9-11-28/h3-12,21,25H,13-20,22-24H2,1-2H3. The van der Waals surface area contributed by atoms with Crippen molar-refractivity contribution in [3.05, 3.63) is 93.5 Å². The van der Waals surface area contributed by atoms with Crippen molar-refractivity contribution in [1.82, 2.24) is 24.3 Å². The van der Waals surface area contributed by atoms with Gasteiger partial charge in [-0.05, 0) is 68.4 Å². The van der Waals surface area contributed by atoms with Gasteiger partial charge in [-0.3, -0.25) is 28.8 Å². The first-order chi connectivity index (χ1) is 23.2. The smallest absolute Gasteiger partial charge is 0.266 e. The molecular formula is C36H40ClN5O6. The van der Waals surface area contributed by atoms with Gasteiger partial charge in [0.15, 0.2) is 12.4 Å². The lowest BCUT2D eigenvalue weighted by atomic mass is 10.1. The predicted octanol–water partition coefficient (Wildman–Crippen LogP) is 4.06. The molecule has 0 spiro atoms. The van der Waals surface area contributed by atoms with Crippen molar-refractivity contribution in [3.8, 4) is 17.2 Å². The van der Waals surface area contributed by atoms with E-state index in [0.29, 0.717) is 104 Å². The zero-order valence-corrected chi connectivity index (χ0v) is 28.0. The number of para-hydroxylation sites is 1. The third-order valence-electron chi connectivity index (χ3n) is 8.47. The van der Waals surface area contributed by atoms with Crippen molar-refractivity contribution >= 4 is 34.2 Å². The zero-order valence-electron chi connectivity index (χ0n) is 27.3. The number of piperazine rings is 1. The summed E-state index contributed by atoms with van der Waals surface area (Å²) < 4.78 is 18.9. The van der Waals surface area contributed by atoms with Crippen molar-refractivity contribution in [2.24, 2.45) is 0 Å². The maximum Gasteiger partial charge on any atom is 0.266 e. The zero-order chi connectivity index (χ0) is 33.6. The quantitative estimate of drug-likeness (QED) is 0.218. The molecule has 0 saturated carbocycles. The lowest BCUT2D eigenvalue weighted by Gasteiger charge is -2.34. The molecule has 0 unspecified atom stereocenters. The maximum atomic E-state index is 14.2. The number of amides is 1. The van der Waals surface area contributed by atoms with E-state index in [1.807, 2.05) is 32.0 Å². The Balaban J connectivity index is 1.25. The average Bonchev–Trinajstić information content (AvgIpc) is 3.09. The van der Waals surface area contributed by atoms with E-state index in [-0.39, 0.29) is 36.5 Å². The molecule has 2 aliphatic heterocycles. The molecule has 0 aliphatic carbocycles. The van der Waals surface area contributed by atoms with E-state index in [1.165, 1.54) is 0 Å². The molecule has 11 nitrogen and oxygen atoms in total. The van der Waals surface area contributed by atoms with Gasteiger partial charge in [0.05, 0.1) is 49.0 Å². The van der Waals surface area contributed by atoms with Crippen molar-refractivity contribution < 1.29 is 23.8 Å². The fourth-order valence-electron chi connectivity index (χ4n) is 5.93. The number of morpholine rings is 1. The molecule has 6 rings (SSSR count). The van der Waals surface area contributed by atoms with Gasteiger partial charge in [-0.15, -0.1) is 0 Å². The largest absolute Gasteiger partial charge is 0.489 e. The number of halogens is 1. The van der Waals surface area contributed by atoms with Gasteiger partial charge in [0.2, 0.25) is 0 Å². The molecule has 252 valence electrons. The molecule has 0 atom stereocenters. The third-order valence-corrected chi connectivity index (χ3v) is 8.72. The van der Waals surface area contributed by atoms with Crippen LogP contribution in [0.25, 0.3) is 16.6 Å². The lowest BCUT2D eigenvalue weighted by molar-refractivity contribution is -0.135. The molecule has 0 bridgehead atoms. The number of nitrogens with zero attached hydrogens (tertiary/aromatic N) is 5. The number of Topliss-reactive ketones (excluding diaryl/α,β-unsaturated/α-hetero) is 1. The van der Waals surface area contributed by atoms with Crippen LogP contribution in [0.1, 0.15) is 30.0 Å². The van der Waals surface area contributed by atoms with E-state index >= 15 is 0 Å². The normalized spacial score (nSPS) is 16.0. The van der Waals surface area contributed by atoms with Crippen LogP contribution in [0.2, 0.25) is 5.02 Å². The van der Waals surface area contributed by atoms with Gasteiger partial charge < -0.3 is 19.1 Å². The minimum absolute atomic E-state index is 0.0431. The number of ketones is 1. The topological polar surface area (TPSA) is 106 Å². The summed E-state index contributed by atoms with van der Waals surface area (Å²) in [6.45, 7) is 9.17. The first-order valence-electron chi connectivity index (χ1n) is 16.3. The molecule has 2 saturated heterocycles. The van der Waals surface area contributed by atoms with Crippen LogP contribution < -0.4 is 15.0 Å². The monoisotopic (exact) mass is 673 g/mol. The van der Waals surface area contributed by atoms with Gasteiger partial charge >= 0.3 is 0 Å². The molecule has 1 amide bonds. The molecular weight excluding hydrogens is 634 g/mol. The van der Waals surface area contributed by atoms with Crippen LogP contribution in [-0.2, 0) is 16.1 Å². The van der Waals surface area contributed by atoms with Gasteiger partial charge in [0, 0.05) is 49.9 Å². The summed E-state index contributed by atoms with van der Waals surface area (Å²) in [6.07, 6.45) is -0.166. The number of fused-ring (bicyclic) bond motifs is 1. The summed E-state index contributed by atoms with van der Waals surface area (Å²) in [5.74, 6) is 1.46. The number of aromatic nitrogens is 2. The first kappa shape index (κ1) is 33.6. The molecule has 3 heterocycles. The highest BCUT2D eigenvalue weighted by atomic mass is 35.5. The summed E-state index contributed by atoms with van der Waals surface area (Å²) in [5.41, 5.74) is 1.32.